The summed E-state index contributed by atoms with van der Waals surface area (Å²) in [6.07, 6.45) is 6.81. The van der Waals surface area contributed by atoms with Gasteiger partial charge in [-0.2, -0.15) is 28.4 Å². The van der Waals surface area contributed by atoms with Crippen molar-refractivity contribution in [3.8, 4) is 28.1 Å². The topological polar surface area (TPSA) is 115 Å². The fourth-order valence-electron chi connectivity index (χ4n) is 4.12. The highest BCUT2D eigenvalue weighted by Gasteiger charge is 2.26. The fraction of sp³-hybridized carbons (Fsp3) is 0.217. The average molecular weight is 580 g/mol. The molecule has 0 unspecified atom stereocenters. The van der Waals surface area contributed by atoms with Crippen LogP contribution in [0.4, 0.5) is 13.2 Å². The van der Waals surface area contributed by atoms with E-state index in [-0.39, 0.29) is 44.9 Å². The standard InChI is InChI=1S/C23H18Cl2F3N9O2/c1-39-7-6-17(34-9-14(8-30-34)22-16(25)11-35(31-22)23(27)28)18-4-2-13(10-37(18)38)20-19(36-12-29-32-33-36)5-3-15(24)21(20)26/h2-5,8-12,17,23H,6-7H2,1H3/t17-/m0/s1. The lowest BCUT2D eigenvalue weighted by Crippen LogP contribution is -2.36. The van der Waals surface area contributed by atoms with Crippen LogP contribution in [-0.4, -0.2) is 53.5 Å². The monoisotopic (exact) mass is 579 g/mol. The summed E-state index contributed by atoms with van der Waals surface area (Å²) in [6.45, 7) is -2.58. The van der Waals surface area contributed by atoms with Crippen molar-refractivity contribution in [1.82, 2.24) is 39.8 Å². The largest absolute Gasteiger partial charge is 0.618 e. The van der Waals surface area contributed by atoms with E-state index in [4.69, 9.17) is 27.9 Å². The first-order valence-corrected chi connectivity index (χ1v) is 12.0. The molecule has 4 aromatic heterocycles. The van der Waals surface area contributed by atoms with E-state index in [1.54, 1.807) is 12.3 Å². The summed E-state index contributed by atoms with van der Waals surface area (Å²) >= 11 is 12.1. The molecule has 0 bridgehead atoms. The fourth-order valence-corrected chi connectivity index (χ4v) is 4.52. The van der Waals surface area contributed by atoms with Crippen molar-refractivity contribution < 1.29 is 22.6 Å². The van der Waals surface area contributed by atoms with Gasteiger partial charge < -0.3 is 9.94 Å². The zero-order chi connectivity index (χ0) is 27.7. The number of rotatable bonds is 9. The highest BCUT2D eigenvalue weighted by atomic mass is 35.5. The van der Waals surface area contributed by atoms with Crippen LogP contribution in [0.3, 0.4) is 0 Å². The van der Waals surface area contributed by atoms with E-state index in [0.29, 0.717) is 21.4 Å². The van der Waals surface area contributed by atoms with E-state index in [1.165, 1.54) is 53.4 Å². The molecular weight excluding hydrogens is 562 g/mol. The van der Waals surface area contributed by atoms with Crippen LogP contribution in [0.15, 0.2) is 55.4 Å². The Morgan fingerprint density at radius 1 is 1.08 bits per heavy atom. The van der Waals surface area contributed by atoms with E-state index >= 15 is 4.39 Å². The second-order valence-corrected chi connectivity index (χ2v) is 9.08. The Hall–Kier alpha value is -4.01. The molecule has 0 aliphatic rings. The first-order chi connectivity index (χ1) is 18.8. The minimum Gasteiger partial charge on any atom is -0.618 e. The van der Waals surface area contributed by atoms with Crippen LogP contribution in [0.1, 0.15) is 24.7 Å². The Balaban J connectivity index is 1.54. The third-order valence-electron chi connectivity index (χ3n) is 5.92. The van der Waals surface area contributed by atoms with Crippen LogP contribution < -0.4 is 4.73 Å². The van der Waals surface area contributed by atoms with Crippen LogP contribution in [0.25, 0.3) is 28.1 Å². The predicted octanol–water partition coefficient (Wildman–Crippen LogP) is 4.49. The van der Waals surface area contributed by atoms with Crippen molar-refractivity contribution in [2.24, 2.45) is 0 Å². The lowest BCUT2D eigenvalue weighted by molar-refractivity contribution is -0.615. The van der Waals surface area contributed by atoms with Gasteiger partial charge in [-0.15, -0.1) is 5.10 Å². The molecule has 0 aliphatic heterocycles. The van der Waals surface area contributed by atoms with Crippen molar-refractivity contribution >= 4 is 23.2 Å². The van der Waals surface area contributed by atoms with E-state index < -0.39 is 18.4 Å². The summed E-state index contributed by atoms with van der Waals surface area (Å²) < 4.78 is 50.3. The van der Waals surface area contributed by atoms with Gasteiger partial charge in [0.25, 0.3) is 0 Å². The zero-order valence-corrected chi connectivity index (χ0v) is 21.5. The molecule has 11 nitrogen and oxygen atoms in total. The van der Waals surface area contributed by atoms with Gasteiger partial charge in [-0.25, -0.2) is 9.07 Å². The summed E-state index contributed by atoms with van der Waals surface area (Å²) in [4.78, 5) is 0. The number of hydrogen-bond acceptors (Lipinski definition) is 7. The van der Waals surface area contributed by atoms with E-state index in [1.807, 2.05) is 0 Å². The summed E-state index contributed by atoms with van der Waals surface area (Å²) in [5, 5.41) is 32.3. The third kappa shape index (κ3) is 5.17. The molecule has 0 amide bonds. The number of hydrogen-bond donors (Lipinski definition) is 0. The second-order valence-electron chi connectivity index (χ2n) is 8.27. The highest BCUT2D eigenvalue weighted by Crippen LogP contribution is 2.34. The number of pyridine rings is 1. The van der Waals surface area contributed by atoms with Crippen molar-refractivity contribution in [3.05, 3.63) is 82.1 Å². The maximum Gasteiger partial charge on any atom is 0.333 e. The van der Waals surface area contributed by atoms with Gasteiger partial charge in [-0.05, 0) is 28.6 Å². The Morgan fingerprint density at radius 2 is 1.90 bits per heavy atom. The lowest BCUT2D eigenvalue weighted by Gasteiger charge is -2.18. The molecule has 0 saturated carbocycles. The molecule has 0 spiro atoms. The summed E-state index contributed by atoms with van der Waals surface area (Å²) in [5.74, 6) is -0.745. The van der Waals surface area contributed by atoms with Crippen LogP contribution in [0.5, 0.6) is 0 Å². The summed E-state index contributed by atoms with van der Waals surface area (Å²) in [7, 11) is 1.51. The first-order valence-electron chi connectivity index (χ1n) is 11.3. The SMILES string of the molecule is COCC[C@@H](c1ccc(-c2c(-n3cnnn3)ccc(Cl)c2F)c[n+]1[O-])n1cc(-c2nn(C(F)F)cc2Cl)cn1. The van der Waals surface area contributed by atoms with Crippen LogP contribution in [0, 0.1) is 11.0 Å². The second kappa shape index (κ2) is 11.0. The van der Waals surface area contributed by atoms with Gasteiger partial charge in [-0.1, -0.05) is 23.2 Å². The summed E-state index contributed by atoms with van der Waals surface area (Å²) in [5.41, 5.74) is 1.30. The van der Waals surface area contributed by atoms with Crippen molar-refractivity contribution in [2.45, 2.75) is 19.0 Å². The van der Waals surface area contributed by atoms with Crippen molar-refractivity contribution in [1.29, 1.82) is 0 Å². The zero-order valence-electron chi connectivity index (χ0n) is 20.0. The third-order valence-corrected chi connectivity index (χ3v) is 6.49. The molecule has 1 atom stereocenters. The van der Waals surface area contributed by atoms with Gasteiger partial charge in [0, 0.05) is 38.0 Å². The Labute approximate surface area is 228 Å². The van der Waals surface area contributed by atoms with Gasteiger partial charge in [0.1, 0.15) is 18.1 Å². The van der Waals surface area contributed by atoms with Gasteiger partial charge in [0.15, 0.2) is 12.0 Å². The quantitative estimate of drug-likeness (QED) is 0.186. The molecule has 5 aromatic rings. The van der Waals surface area contributed by atoms with Crippen LogP contribution in [-0.2, 0) is 4.74 Å². The smallest absolute Gasteiger partial charge is 0.333 e. The minimum atomic E-state index is -2.86. The minimum absolute atomic E-state index is 0.0217. The van der Waals surface area contributed by atoms with Gasteiger partial charge in [0.05, 0.1) is 39.3 Å². The first kappa shape index (κ1) is 26.6. The predicted molar refractivity (Wildman–Crippen MR) is 133 cm³/mol. The molecule has 39 heavy (non-hydrogen) atoms. The Kier molecular flexibility index (Phi) is 7.50. The van der Waals surface area contributed by atoms with E-state index in [2.05, 4.69) is 25.7 Å². The van der Waals surface area contributed by atoms with Gasteiger partial charge >= 0.3 is 6.55 Å². The normalized spacial score (nSPS) is 12.4. The number of aromatic nitrogens is 9. The highest BCUT2D eigenvalue weighted by molar-refractivity contribution is 6.33. The van der Waals surface area contributed by atoms with E-state index in [9.17, 15) is 14.0 Å². The molecule has 4 heterocycles. The number of halogens is 5. The molecule has 0 radical (unpaired) electrons. The maximum absolute atomic E-state index is 15.2. The molecule has 5 rings (SSSR count). The molecule has 202 valence electrons. The number of methoxy groups -OCH3 is 1. The molecule has 1 aromatic carbocycles. The molecule has 16 heteroatoms. The molecule has 0 fully saturated rings. The molecular formula is C23H18Cl2F3N9O2. The van der Waals surface area contributed by atoms with Gasteiger partial charge in [0.2, 0.25) is 5.69 Å². The van der Waals surface area contributed by atoms with E-state index in [0.717, 1.165) is 6.20 Å². The van der Waals surface area contributed by atoms with Crippen molar-refractivity contribution in [2.75, 3.05) is 13.7 Å². The van der Waals surface area contributed by atoms with Crippen molar-refractivity contribution in [3.63, 3.8) is 0 Å². The molecule has 0 saturated heterocycles. The number of tetrazole rings is 1. The number of alkyl halides is 2. The average Bonchev–Trinajstić information content (AvgIpc) is 3.68. The van der Waals surface area contributed by atoms with Crippen LogP contribution in [0.2, 0.25) is 10.0 Å². The van der Waals surface area contributed by atoms with Crippen LogP contribution >= 0.6 is 23.2 Å². The number of nitrogens with zero attached hydrogens (tertiary/aromatic N) is 9. The summed E-state index contributed by atoms with van der Waals surface area (Å²) in [6, 6.07) is 5.37. The number of benzene rings is 1. The van der Waals surface area contributed by atoms with Gasteiger partial charge in [-0.3, -0.25) is 4.68 Å². The Bertz CT molecular complexity index is 1610. The lowest BCUT2D eigenvalue weighted by atomic mass is 10.0. The Morgan fingerprint density at radius 3 is 2.56 bits per heavy atom. The molecule has 0 aliphatic carbocycles. The maximum atomic E-state index is 15.2. The molecule has 0 N–H and O–H groups in total. The number of ether oxygens (including phenoxy) is 1.